The molecular formula is C7H11F3. The second kappa shape index (κ2) is 6.65. The van der Waals surface area contributed by atoms with Crippen LogP contribution in [0.1, 0.15) is 25.7 Å². The van der Waals surface area contributed by atoms with E-state index in [0.29, 0.717) is 25.6 Å². The molecule has 0 aliphatic rings. The molecule has 0 fully saturated rings. The van der Waals surface area contributed by atoms with Crippen molar-refractivity contribution in [3.05, 3.63) is 12.4 Å². The Morgan fingerprint density at radius 1 is 1.20 bits per heavy atom. The summed E-state index contributed by atoms with van der Waals surface area (Å²) in [5.41, 5.74) is 0. The highest BCUT2D eigenvalue weighted by molar-refractivity contribution is 4.71. The maximum Gasteiger partial charge on any atom is 0.238 e. The standard InChI is InChI=1S/C7H11F3/c8-6-4-2-1-3-5-7(9)10/h4,6-7H,1-3,5H2/b6-4+. The minimum atomic E-state index is -2.21. The predicted octanol–water partition coefficient (Wildman–Crippen LogP) is 3.30. The van der Waals surface area contributed by atoms with Gasteiger partial charge >= 0.3 is 0 Å². The van der Waals surface area contributed by atoms with Crippen LogP contribution >= 0.6 is 0 Å². The molecule has 0 aliphatic heterocycles. The fourth-order valence-corrected chi connectivity index (χ4v) is 0.624. The lowest BCUT2D eigenvalue weighted by Gasteiger charge is -1.95. The van der Waals surface area contributed by atoms with Gasteiger partial charge in [-0.2, -0.15) is 0 Å². The number of hydrogen-bond acceptors (Lipinski definition) is 0. The summed E-state index contributed by atoms with van der Waals surface area (Å²) in [5.74, 6) is 0. The van der Waals surface area contributed by atoms with E-state index in [0.717, 1.165) is 0 Å². The van der Waals surface area contributed by atoms with Gasteiger partial charge in [0.05, 0.1) is 6.33 Å². The first-order valence-electron chi connectivity index (χ1n) is 3.30. The van der Waals surface area contributed by atoms with Crippen molar-refractivity contribution in [2.45, 2.75) is 32.1 Å². The summed E-state index contributed by atoms with van der Waals surface area (Å²) in [7, 11) is 0. The van der Waals surface area contributed by atoms with Gasteiger partial charge in [0.1, 0.15) is 0 Å². The van der Waals surface area contributed by atoms with Crippen LogP contribution in [0.3, 0.4) is 0 Å². The fourth-order valence-electron chi connectivity index (χ4n) is 0.624. The zero-order valence-electron chi connectivity index (χ0n) is 5.69. The van der Waals surface area contributed by atoms with Gasteiger partial charge in [-0.15, -0.1) is 0 Å². The molecule has 0 aliphatic carbocycles. The average Bonchev–Trinajstić information content (AvgIpc) is 1.87. The van der Waals surface area contributed by atoms with Gasteiger partial charge in [0, 0.05) is 6.42 Å². The van der Waals surface area contributed by atoms with E-state index in [1.54, 1.807) is 0 Å². The Kier molecular flexibility index (Phi) is 6.33. The van der Waals surface area contributed by atoms with E-state index in [1.165, 1.54) is 6.08 Å². The van der Waals surface area contributed by atoms with Crippen LogP contribution in [0.2, 0.25) is 0 Å². The molecule has 0 aromatic heterocycles. The number of hydrogen-bond donors (Lipinski definition) is 0. The number of alkyl halides is 2. The zero-order chi connectivity index (χ0) is 7.82. The van der Waals surface area contributed by atoms with Gasteiger partial charge in [0.25, 0.3) is 0 Å². The normalized spacial score (nSPS) is 11.6. The van der Waals surface area contributed by atoms with Gasteiger partial charge in [-0.05, 0) is 19.3 Å². The molecule has 0 spiro atoms. The quantitative estimate of drug-likeness (QED) is 0.530. The van der Waals surface area contributed by atoms with Crippen LogP contribution < -0.4 is 0 Å². The van der Waals surface area contributed by atoms with Crippen molar-refractivity contribution in [3.63, 3.8) is 0 Å². The molecule has 0 heterocycles. The lowest BCUT2D eigenvalue weighted by atomic mass is 10.2. The summed E-state index contributed by atoms with van der Waals surface area (Å²) in [4.78, 5) is 0. The van der Waals surface area contributed by atoms with Crippen LogP contribution in [-0.2, 0) is 0 Å². The molecule has 0 amide bonds. The Morgan fingerprint density at radius 2 is 1.90 bits per heavy atom. The minimum Gasteiger partial charge on any atom is -0.216 e. The van der Waals surface area contributed by atoms with Crippen molar-refractivity contribution >= 4 is 0 Å². The van der Waals surface area contributed by atoms with E-state index in [-0.39, 0.29) is 6.42 Å². The lowest BCUT2D eigenvalue weighted by Crippen LogP contribution is -1.88. The van der Waals surface area contributed by atoms with Crippen molar-refractivity contribution in [1.29, 1.82) is 0 Å². The van der Waals surface area contributed by atoms with Crippen molar-refractivity contribution in [3.8, 4) is 0 Å². The van der Waals surface area contributed by atoms with Crippen molar-refractivity contribution in [2.24, 2.45) is 0 Å². The van der Waals surface area contributed by atoms with Crippen LogP contribution in [0.4, 0.5) is 13.2 Å². The molecule has 60 valence electrons. The third-order valence-electron chi connectivity index (χ3n) is 1.13. The van der Waals surface area contributed by atoms with E-state index >= 15 is 0 Å². The molecule has 0 aromatic rings. The number of unbranched alkanes of at least 4 members (excludes halogenated alkanes) is 2. The highest BCUT2D eigenvalue weighted by Crippen LogP contribution is 2.07. The van der Waals surface area contributed by atoms with Gasteiger partial charge in [0.2, 0.25) is 6.43 Å². The maximum atomic E-state index is 11.5. The largest absolute Gasteiger partial charge is 0.238 e. The van der Waals surface area contributed by atoms with E-state index in [1.807, 2.05) is 0 Å². The minimum absolute atomic E-state index is 0.0693. The number of rotatable bonds is 5. The molecule has 0 rings (SSSR count). The SMILES string of the molecule is F/C=C/CCCCC(F)F. The van der Waals surface area contributed by atoms with E-state index in [4.69, 9.17) is 0 Å². The summed E-state index contributed by atoms with van der Waals surface area (Å²) in [6.45, 7) is 0. The summed E-state index contributed by atoms with van der Waals surface area (Å²) in [6, 6.07) is 0. The van der Waals surface area contributed by atoms with E-state index in [2.05, 4.69) is 0 Å². The van der Waals surface area contributed by atoms with Crippen LogP contribution in [0.25, 0.3) is 0 Å². The second-order valence-electron chi connectivity index (χ2n) is 2.04. The summed E-state index contributed by atoms with van der Waals surface area (Å²) in [6.07, 6.45) is 1.18. The monoisotopic (exact) mass is 152 g/mol. The van der Waals surface area contributed by atoms with Crippen LogP contribution in [0.15, 0.2) is 12.4 Å². The Morgan fingerprint density at radius 3 is 2.40 bits per heavy atom. The van der Waals surface area contributed by atoms with Crippen molar-refractivity contribution in [2.75, 3.05) is 0 Å². The third-order valence-corrected chi connectivity index (χ3v) is 1.13. The molecule has 10 heavy (non-hydrogen) atoms. The van der Waals surface area contributed by atoms with E-state index in [9.17, 15) is 13.2 Å². The molecule has 0 bridgehead atoms. The predicted molar refractivity (Wildman–Crippen MR) is 34.7 cm³/mol. The Bertz CT molecular complexity index is 88.9. The average molecular weight is 152 g/mol. The molecular weight excluding hydrogens is 141 g/mol. The molecule has 3 heteroatoms. The number of halogens is 3. The van der Waals surface area contributed by atoms with Crippen LogP contribution in [-0.4, -0.2) is 6.43 Å². The van der Waals surface area contributed by atoms with Crippen LogP contribution in [0.5, 0.6) is 0 Å². The fraction of sp³-hybridized carbons (Fsp3) is 0.714. The molecule has 0 aromatic carbocycles. The van der Waals surface area contributed by atoms with Gasteiger partial charge in [-0.3, -0.25) is 0 Å². The first-order chi connectivity index (χ1) is 4.77. The smallest absolute Gasteiger partial charge is 0.216 e. The Labute approximate surface area is 58.7 Å². The first kappa shape index (κ1) is 9.53. The van der Waals surface area contributed by atoms with E-state index < -0.39 is 6.43 Å². The Hall–Kier alpha value is -0.470. The Balaban J connectivity index is 2.91. The topological polar surface area (TPSA) is 0 Å². The summed E-state index contributed by atoms with van der Waals surface area (Å²) < 4.78 is 34.2. The van der Waals surface area contributed by atoms with Gasteiger partial charge < -0.3 is 0 Å². The maximum absolute atomic E-state index is 11.5. The van der Waals surface area contributed by atoms with Gasteiger partial charge in [-0.25, -0.2) is 13.2 Å². The van der Waals surface area contributed by atoms with Crippen molar-refractivity contribution in [1.82, 2.24) is 0 Å². The molecule has 0 N–H and O–H groups in total. The molecule has 0 radical (unpaired) electrons. The molecule has 0 nitrogen and oxygen atoms in total. The molecule has 0 saturated heterocycles. The zero-order valence-corrected chi connectivity index (χ0v) is 5.69. The molecule has 0 unspecified atom stereocenters. The lowest BCUT2D eigenvalue weighted by molar-refractivity contribution is 0.134. The molecule has 0 saturated carbocycles. The van der Waals surface area contributed by atoms with Gasteiger partial charge in [-0.1, -0.05) is 6.08 Å². The number of allylic oxidation sites excluding steroid dienone is 1. The second-order valence-corrected chi connectivity index (χ2v) is 2.04. The summed E-state index contributed by atoms with van der Waals surface area (Å²) in [5, 5.41) is 0. The highest BCUT2D eigenvalue weighted by Gasteiger charge is 1.99. The first-order valence-corrected chi connectivity index (χ1v) is 3.30. The van der Waals surface area contributed by atoms with Gasteiger partial charge in [0.15, 0.2) is 0 Å². The molecule has 0 atom stereocenters. The highest BCUT2D eigenvalue weighted by atomic mass is 19.3. The third kappa shape index (κ3) is 7.53. The summed E-state index contributed by atoms with van der Waals surface area (Å²) >= 11 is 0. The van der Waals surface area contributed by atoms with Crippen molar-refractivity contribution < 1.29 is 13.2 Å². The van der Waals surface area contributed by atoms with Crippen LogP contribution in [0, 0.1) is 0 Å².